The molecule has 2 amide bonds. The number of hydrogen-bond acceptors (Lipinski definition) is 4. The number of hydrogen-bond donors (Lipinski definition) is 2. The van der Waals surface area contributed by atoms with Gasteiger partial charge in [0.1, 0.15) is 0 Å². The van der Waals surface area contributed by atoms with E-state index in [1.54, 1.807) is 36.1 Å². The van der Waals surface area contributed by atoms with Gasteiger partial charge in [-0.05, 0) is 24.3 Å². The van der Waals surface area contributed by atoms with E-state index in [2.05, 4.69) is 5.32 Å². The smallest absolute Gasteiger partial charge is 0.238 e. The van der Waals surface area contributed by atoms with E-state index in [9.17, 15) is 9.59 Å². The molecule has 0 aromatic heterocycles. The quantitative estimate of drug-likeness (QED) is 0.782. The monoisotopic (exact) mass is 276 g/mol. The third-order valence-electron chi connectivity index (χ3n) is 3.38. The van der Waals surface area contributed by atoms with Crippen molar-refractivity contribution in [2.24, 2.45) is 0 Å². The van der Waals surface area contributed by atoms with E-state index in [0.717, 1.165) is 18.8 Å². The zero-order valence-corrected chi connectivity index (χ0v) is 11.6. The fourth-order valence-corrected chi connectivity index (χ4v) is 2.19. The molecule has 1 aromatic carbocycles. The standard InChI is InChI=1S/C14H20N4O2/c1-11(19)18-8-6-17(7-9-18)10-14(20)16-13-4-2-12(15)3-5-13/h2-5H,6-10,15H2,1H3,(H,16,20). The van der Waals surface area contributed by atoms with Gasteiger partial charge in [-0.1, -0.05) is 0 Å². The van der Waals surface area contributed by atoms with Crippen LogP contribution in [0.1, 0.15) is 6.92 Å². The fourth-order valence-electron chi connectivity index (χ4n) is 2.19. The second-order valence-electron chi connectivity index (χ2n) is 4.95. The van der Waals surface area contributed by atoms with Gasteiger partial charge >= 0.3 is 0 Å². The van der Waals surface area contributed by atoms with Crippen molar-refractivity contribution in [3.05, 3.63) is 24.3 Å². The minimum absolute atomic E-state index is 0.0500. The maximum Gasteiger partial charge on any atom is 0.238 e. The summed E-state index contributed by atoms with van der Waals surface area (Å²) in [6.45, 7) is 4.75. The lowest BCUT2D eigenvalue weighted by atomic mass is 10.2. The fraction of sp³-hybridized carbons (Fsp3) is 0.429. The van der Waals surface area contributed by atoms with Crippen molar-refractivity contribution in [2.75, 3.05) is 43.8 Å². The number of anilines is 2. The molecule has 1 heterocycles. The van der Waals surface area contributed by atoms with Crippen molar-refractivity contribution in [3.8, 4) is 0 Å². The highest BCUT2D eigenvalue weighted by Gasteiger charge is 2.20. The zero-order valence-electron chi connectivity index (χ0n) is 11.6. The average molecular weight is 276 g/mol. The number of rotatable bonds is 3. The third kappa shape index (κ3) is 3.96. The lowest BCUT2D eigenvalue weighted by molar-refractivity contribution is -0.130. The molecule has 1 aliphatic rings. The Hall–Kier alpha value is -2.08. The topological polar surface area (TPSA) is 78.7 Å². The summed E-state index contributed by atoms with van der Waals surface area (Å²) in [5, 5.41) is 2.83. The van der Waals surface area contributed by atoms with Gasteiger partial charge in [-0.2, -0.15) is 0 Å². The Balaban J connectivity index is 1.78. The molecule has 3 N–H and O–H groups in total. The van der Waals surface area contributed by atoms with Gasteiger partial charge in [-0.3, -0.25) is 14.5 Å². The van der Waals surface area contributed by atoms with Gasteiger partial charge in [0.15, 0.2) is 0 Å². The number of amides is 2. The molecular weight excluding hydrogens is 256 g/mol. The Morgan fingerprint density at radius 2 is 1.75 bits per heavy atom. The van der Waals surface area contributed by atoms with E-state index in [-0.39, 0.29) is 11.8 Å². The number of piperazine rings is 1. The molecule has 0 radical (unpaired) electrons. The molecule has 0 atom stereocenters. The number of nitrogens with two attached hydrogens (primary N) is 1. The first kappa shape index (κ1) is 14.3. The number of nitrogens with one attached hydrogen (secondary N) is 1. The van der Waals surface area contributed by atoms with E-state index < -0.39 is 0 Å². The molecule has 6 nitrogen and oxygen atoms in total. The number of carbonyl (C=O) groups is 2. The van der Waals surface area contributed by atoms with Crippen molar-refractivity contribution >= 4 is 23.2 Å². The molecule has 1 aliphatic heterocycles. The summed E-state index contributed by atoms with van der Waals surface area (Å²) in [5.74, 6) is 0.0435. The van der Waals surface area contributed by atoms with Crippen molar-refractivity contribution in [1.82, 2.24) is 9.80 Å². The van der Waals surface area contributed by atoms with Crippen LogP contribution in [0.25, 0.3) is 0 Å². The van der Waals surface area contributed by atoms with Gasteiger partial charge < -0.3 is 16.0 Å². The van der Waals surface area contributed by atoms with Crippen LogP contribution in [-0.2, 0) is 9.59 Å². The normalized spacial score (nSPS) is 15.9. The van der Waals surface area contributed by atoms with Crippen LogP contribution >= 0.6 is 0 Å². The lowest BCUT2D eigenvalue weighted by Gasteiger charge is -2.33. The van der Waals surface area contributed by atoms with E-state index in [1.807, 2.05) is 4.90 Å². The minimum Gasteiger partial charge on any atom is -0.399 e. The summed E-state index contributed by atoms with van der Waals surface area (Å²) in [7, 11) is 0. The van der Waals surface area contributed by atoms with Gasteiger partial charge in [0.25, 0.3) is 0 Å². The largest absolute Gasteiger partial charge is 0.399 e. The third-order valence-corrected chi connectivity index (χ3v) is 3.38. The molecule has 1 aromatic rings. The van der Waals surface area contributed by atoms with Gasteiger partial charge in [0.2, 0.25) is 11.8 Å². The highest BCUT2D eigenvalue weighted by Crippen LogP contribution is 2.10. The molecular formula is C14H20N4O2. The van der Waals surface area contributed by atoms with Crippen LogP contribution in [0, 0.1) is 0 Å². The predicted octanol–water partition coefficient (Wildman–Crippen LogP) is 0.371. The summed E-state index contributed by atoms with van der Waals surface area (Å²) in [4.78, 5) is 27.0. The average Bonchev–Trinajstić information content (AvgIpc) is 2.42. The van der Waals surface area contributed by atoms with Crippen molar-refractivity contribution in [3.63, 3.8) is 0 Å². The summed E-state index contributed by atoms with van der Waals surface area (Å²) in [6.07, 6.45) is 0. The van der Waals surface area contributed by atoms with E-state index >= 15 is 0 Å². The molecule has 108 valence electrons. The molecule has 20 heavy (non-hydrogen) atoms. The van der Waals surface area contributed by atoms with Crippen molar-refractivity contribution < 1.29 is 9.59 Å². The first-order chi connectivity index (χ1) is 9.54. The Bertz CT molecular complexity index is 478. The van der Waals surface area contributed by atoms with Crippen LogP contribution in [-0.4, -0.2) is 54.3 Å². The number of carbonyl (C=O) groups excluding carboxylic acids is 2. The Morgan fingerprint density at radius 3 is 2.30 bits per heavy atom. The Morgan fingerprint density at radius 1 is 1.15 bits per heavy atom. The predicted molar refractivity (Wildman–Crippen MR) is 78.2 cm³/mol. The minimum atomic E-state index is -0.0500. The van der Waals surface area contributed by atoms with Gasteiger partial charge in [0, 0.05) is 44.5 Å². The van der Waals surface area contributed by atoms with Gasteiger partial charge in [0.05, 0.1) is 6.54 Å². The first-order valence-electron chi connectivity index (χ1n) is 6.68. The summed E-state index contributed by atoms with van der Waals surface area (Å²) >= 11 is 0. The van der Waals surface area contributed by atoms with Gasteiger partial charge in [-0.25, -0.2) is 0 Å². The van der Waals surface area contributed by atoms with Crippen LogP contribution in [0.3, 0.4) is 0 Å². The molecule has 0 aliphatic carbocycles. The molecule has 0 bridgehead atoms. The molecule has 1 fully saturated rings. The second-order valence-corrected chi connectivity index (χ2v) is 4.95. The SMILES string of the molecule is CC(=O)N1CCN(CC(=O)Nc2ccc(N)cc2)CC1. The molecule has 0 unspecified atom stereocenters. The summed E-state index contributed by atoms with van der Waals surface area (Å²) < 4.78 is 0. The van der Waals surface area contributed by atoms with Crippen molar-refractivity contribution in [2.45, 2.75) is 6.92 Å². The molecule has 2 rings (SSSR count). The molecule has 0 spiro atoms. The molecule has 1 saturated heterocycles. The number of benzene rings is 1. The number of nitrogens with zero attached hydrogens (tertiary/aromatic N) is 2. The maximum absolute atomic E-state index is 11.9. The van der Waals surface area contributed by atoms with Crippen LogP contribution in [0.4, 0.5) is 11.4 Å². The molecule has 0 saturated carbocycles. The van der Waals surface area contributed by atoms with Gasteiger partial charge in [-0.15, -0.1) is 0 Å². The zero-order chi connectivity index (χ0) is 14.5. The maximum atomic E-state index is 11.9. The second kappa shape index (κ2) is 6.38. The van der Waals surface area contributed by atoms with E-state index in [4.69, 9.17) is 5.73 Å². The summed E-state index contributed by atoms with van der Waals surface area (Å²) in [5.41, 5.74) is 7.00. The Labute approximate surface area is 118 Å². The lowest BCUT2D eigenvalue weighted by Crippen LogP contribution is -2.49. The van der Waals surface area contributed by atoms with Crippen LogP contribution in [0.15, 0.2) is 24.3 Å². The molecule has 6 heteroatoms. The summed E-state index contributed by atoms with van der Waals surface area (Å²) in [6, 6.07) is 7.06. The highest BCUT2D eigenvalue weighted by atomic mass is 16.2. The highest BCUT2D eigenvalue weighted by molar-refractivity contribution is 5.92. The van der Waals surface area contributed by atoms with E-state index in [0.29, 0.717) is 25.3 Å². The Kier molecular flexibility index (Phi) is 4.57. The number of nitrogen functional groups attached to an aromatic ring is 1. The van der Waals surface area contributed by atoms with Crippen molar-refractivity contribution in [1.29, 1.82) is 0 Å². The van der Waals surface area contributed by atoms with Crippen LogP contribution < -0.4 is 11.1 Å². The van der Waals surface area contributed by atoms with Crippen LogP contribution in [0.2, 0.25) is 0 Å². The van der Waals surface area contributed by atoms with Crippen LogP contribution in [0.5, 0.6) is 0 Å². The first-order valence-corrected chi connectivity index (χ1v) is 6.68. The van der Waals surface area contributed by atoms with E-state index in [1.165, 1.54) is 0 Å².